The van der Waals surface area contributed by atoms with Crippen LogP contribution in [0.4, 0.5) is 14.5 Å². The van der Waals surface area contributed by atoms with Gasteiger partial charge in [0.25, 0.3) is 0 Å². The number of rotatable bonds is 5. The van der Waals surface area contributed by atoms with Crippen molar-refractivity contribution < 1.29 is 13.5 Å². The standard InChI is InChI=1S/C16H17F2NO/c1-3-15(11-7-9-12(20-2)10-8-11)19-16-13(17)5-4-6-14(16)18/h4-10,15,19H,3H2,1-2H3. The Bertz CT molecular complexity index is 549. The minimum atomic E-state index is -0.586. The number of hydrogen-bond acceptors (Lipinski definition) is 2. The van der Waals surface area contributed by atoms with Gasteiger partial charge in [-0.15, -0.1) is 0 Å². The highest BCUT2D eigenvalue weighted by molar-refractivity contribution is 5.48. The smallest absolute Gasteiger partial charge is 0.149 e. The summed E-state index contributed by atoms with van der Waals surface area (Å²) in [5.41, 5.74) is 0.867. The molecule has 0 aliphatic heterocycles. The van der Waals surface area contributed by atoms with Crippen LogP contribution in [0.3, 0.4) is 0 Å². The topological polar surface area (TPSA) is 21.3 Å². The zero-order chi connectivity index (χ0) is 14.5. The molecule has 4 heteroatoms. The van der Waals surface area contributed by atoms with Gasteiger partial charge in [0, 0.05) is 0 Å². The molecule has 106 valence electrons. The fourth-order valence-electron chi connectivity index (χ4n) is 2.07. The predicted octanol–water partition coefficient (Wildman–Crippen LogP) is 4.54. The highest BCUT2D eigenvalue weighted by atomic mass is 19.1. The highest BCUT2D eigenvalue weighted by Gasteiger charge is 2.14. The van der Waals surface area contributed by atoms with Crippen LogP contribution in [-0.2, 0) is 0 Å². The summed E-state index contributed by atoms with van der Waals surface area (Å²) in [5.74, 6) is -0.422. The van der Waals surface area contributed by atoms with Gasteiger partial charge in [-0.3, -0.25) is 0 Å². The van der Waals surface area contributed by atoms with Crippen molar-refractivity contribution in [1.29, 1.82) is 0 Å². The van der Waals surface area contributed by atoms with Crippen LogP contribution >= 0.6 is 0 Å². The summed E-state index contributed by atoms with van der Waals surface area (Å²) in [6, 6.07) is 11.1. The molecule has 0 amide bonds. The molecule has 1 unspecified atom stereocenters. The monoisotopic (exact) mass is 277 g/mol. The number of para-hydroxylation sites is 1. The summed E-state index contributed by atoms with van der Waals surface area (Å²) < 4.78 is 32.4. The average molecular weight is 277 g/mol. The number of anilines is 1. The Morgan fingerprint density at radius 3 is 2.15 bits per heavy atom. The molecule has 20 heavy (non-hydrogen) atoms. The Hall–Kier alpha value is -2.10. The maximum atomic E-state index is 13.7. The fraction of sp³-hybridized carbons (Fsp3) is 0.250. The average Bonchev–Trinajstić information content (AvgIpc) is 2.47. The number of benzene rings is 2. The first-order valence-electron chi connectivity index (χ1n) is 6.50. The third-order valence-electron chi connectivity index (χ3n) is 3.21. The summed E-state index contributed by atoms with van der Waals surface area (Å²) in [4.78, 5) is 0. The molecule has 2 nitrogen and oxygen atoms in total. The van der Waals surface area contributed by atoms with E-state index in [1.54, 1.807) is 7.11 Å². The highest BCUT2D eigenvalue weighted by Crippen LogP contribution is 2.27. The lowest BCUT2D eigenvalue weighted by molar-refractivity contribution is 0.414. The molecular weight excluding hydrogens is 260 g/mol. The molecule has 2 aromatic rings. The summed E-state index contributed by atoms with van der Waals surface area (Å²) >= 11 is 0. The molecule has 0 aliphatic carbocycles. The Labute approximate surface area is 117 Å². The predicted molar refractivity (Wildman–Crippen MR) is 76.0 cm³/mol. The molecule has 0 aliphatic rings. The first-order valence-corrected chi connectivity index (χ1v) is 6.50. The van der Waals surface area contributed by atoms with E-state index in [0.29, 0.717) is 6.42 Å². The third kappa shape index (κ3) is 3.07. The minimum absolute atomic E-state index is 0.0878. The van der Waals surface area contributed by atoms with Gasteiger partial charge in [-0.05, 0) is 36.2 Å². The zero-order valence-corrected chi connectivity index (χ0v) is 11.5. The molecule has 2 rings (SSSR count). The zero-order valence-electron chi connectivity index (χ0n) is 11.5. The lowest BCUT2D eigenvalue weighted by Gasteiger charge is -2.20. The van der Waals surface area contributed by atoms with Gasteiger partial charge in [0.1, 0.15) is 23.1 Å². The van der Waals surface area contributed by atoms with Crippen molar-refractivity contribution in [2.45, 2.75) is 19.4 Å². The first kappa shape index (κ1) is 14.3. The van der Waals surface area contributed by atoms with E-state index in [0.717, 1.165) is 11.3 Å². The Kier molecular flexibility index (Phi) is 4.56. The van der Waals surface area contributed by atoms with Crippen LogP contribution in [0, 0.1) is 11.6 Å². The van der Waals surface area contributed by atoms with E-state index in [1.807, 2.05) is 31.2 Å². The number of ether oxygens (including phenoxy) is 1. The number of halogens is 2. The van der Waals surface area contributed by atoms with Crippen molar-refractivity contribution in [1.82, 2.24) is 0 Å². The SMILES string of the molecule is CCC(Nc1c(F)cccc1F)c1ccc(OC)cc1. The van der Waals surface area contributed by atoms with Gasteiger partial charge in [0.05, 0.1) is 13.2 Å². The third-order valence-corrected chi connectivity index (χ3v) is 3.21. The summed E-state index contributed by atoms with van der Waals surface area (Å²) in [5, 5.41) is 2.93. The number of hydrogen-bond donors (Lipinski definition) is 1. The first-order chi connectivity index (χ1) is 9.65. The quantitative estimate of drug-likeness (QED) is 0.866. The van der Waals surface area contributed by atoms with Crippen LogP contribution in [-0.4, -0.2) is 7.11 Å². The molecule has 0 bridgehead atoms. The molecule has 0 radical (unpaired) electrons. The number of nitrogens with one attached hydrogen (secondary N) is 1. The lowest BCUT2D eigenvalue weighted by Crippen LogP contribution is -2.12. The molecule has 0 fully saturated rings. The van der Waals surface area contributed by atoms with E-state index in [4.69, 9.17) is 4.74 Å². The van der Waals surface area contributed by atoms with Gasteiger partial charge >= 0.3 is 0 Å². The fourth-order valence-corrected chi connectivity index (χ4v) is 2.07. The van der Waals surface area contributed by atoms with Crippen molar-refractivity contribution in [2.75, 3.05) is 12.4 Å². The Morgan fingerprint density at radius 1 is 1.05 bits per heavy atom. The van der Waals surface area contributed by atoms with E-state index in [2.05, 4.69) is 5.32 Å². The second-order valence-electron chi connectivity index (χ2n) is 4.47. The number of methoxy groups -OCH3 is 1. The Balaban J connectivity index is 2.24. The molecule has 0 saturated heterocycles. The Morgan fingerprint density at radius 2 is 1.65 bits per heavy atom. The van der Waals surface area contributed by atoms with Crippen LogP contribution in [0.15, 0.2) is 42.5 Å². The van der Waals surface area contributed by atoms with Gasteiger partial charge in [-0.25, -0.2) is 8.78 Å². The molecule has 0 saturated carbocycles. The maximum absolute atomic E-state index is 13.7. The maximum Gasteiger partial charge on any atom is 0.149 e. The summed E-state index contributed by atoms with van der Waals surface area (Å²) in [7, 11) is 1.60. The molecule has 1 atom stereocenters. The van der Waals surface area contributed by atoms with Crippen molar-refractivity contribution >= 4 is 5.69 Å². The van der Waals surface area contributed by atoms with E-state index in [-0.39, 0.29) is 11.7 Å². The van der Waals surface area contributed by atoms with E-state index < -0.39 is 11.6 Å². The van der Waals surface area contributed by atoms with Gasteiger partial charge in [-0.2, -0.15) is 0 Å². The lowest BCUT2D eigenvalue weighted by atomic mass is 10.0. The van der Waals surface area contributed by atoms with Crippen LogP contribution in [0.2, 0.25) is 0 Å². The molecule has 0 aromatic heterocycles. The second-order valence-corrected chi connectivity index (χ2v) is 4.47. The van der Waals surface area contributed by atoms with E-state index in [1.165, 1.54) is 18.2 Å². The molecule has 0 heterocycles. The second kappa shape index (κ2) is 6.37. The molecule has 2 aromatic carbocycles. The normalized spacial score (nSPS) is 12.0. The van der Waals surface area contributed by atoms with Gasteiger partial charge < -0.3 is 10.1 Å². The van der Waals surface area contributed by atoms with Gasteiger partial charge in [0.15, 0.2) is 0 Å². The van der Waals surface area contributed by atoms with Crippen molar-refractivity contribution in [3.63, 3.8) is 0 Å². The minimum Gasteiger partial charge on any atom is -0.497 e. The summed E-state index contributed by atoms with van der Waals surface area (Å²) in [6.07, 6.45) is 0.708. The van der Waals surface area contributed by atoms with Crippen LogP contribution in [0.5, 0.6) is 5.75 Å². The van der Waals surface area contributed by atoms with Crippen molar-refractivity contribution in [3.8, 4) is 5.75 Å². The van der Waals surface area contributed by atoms with Crippen LogP contribution in [0.1, 0.15) is 24.9 Å². The van der Waals surface area contributed by atoms with Gasteiger partial charge in [0.2, 0.25) is 0 Å². The molecular formula is C16H17F2NO. The summed E-state index contributed by atoms with van der Waals surface area (Å²) in [6.45, 7) is 1.96. The van der Waals surface area contributed by atoms with E-state index >= 15 is 0 Å². The molecule has 1 N–H and O–H groups in total. The van der Waals surface area contributed by atoms with Crippen LogP contribution < -0.4 is 10.1 Å². The van der Waals surface area contributed by atoms with Crippen molar-refractivity contribution in [3.05, 3.63) is 59.7 Å². The molecule has 0 spiro atoms. The van der Waals surface area contributed by atoms with Crippen LogP contribution in [0.25, 0.3) is 0 Å². The van der Waals surface area contributed by atoms with E-state index in [9.17, 15) is 8.78 Å². The van der Waals surface area contributed by atoms with Crippen molar-refractivity contribution in [2.24, 2.45) is 0 Å². The largest absolute Gasteiger partial charge is 0.497 e. The van der Waals surface area contributed by atoms with Gasteiger partial charge in [-0.1, -0.05) is 25.1 Å².